The number of hydrogen-bond donors (Lipinski definition) is 3. The molecular formula is C9H12N6O2. The standard InChI is InChI=1S/C9H12N6O2/c1-5(17)2-15-3-11-6-7(10)13-9(12-4-16)14-8(6)15/h3-5,17H,2H2,1H3,(H3,10,12,13,14,16)/t5-/m1/s1. The van der Waals surface area contributed by atoms with Crippen LogP contribution in [-0.4, -0.2) is 37.1 Å². The molecule has 0 aliphatic carbocycles. The van der Waals surface area contributed by atoms with Crippen LogP contribution in [0.5, 0.6) is 0 Å². The summed E-state index contributed by atoms with van der Waals surface area (Å²) in [4.78, 5) is 22.4. The number of imidazole rings is 1. The number of nitrogens with zero attached hydrogens (tertiary/aromatic N) is 4. The Labute approximate surface area is 96.5 Å². The van der Waals surface area contributed by atoms with Gasteiger partial charge >= 0.3 is 0 Å². The second-order valence-corrected chi connectivity index (χ2v) is 3.61. The Balaban J connectivity index is 2.53. The van der Waals surface area contributed by atoms with Crippen LogP contribution in [0.3, 0.4) is 0 Å². The first-order valence-corrected chi connectivity index (χ1v) is 4.98. The average molecular weight is 236 g/mol. The molecule has 0 spiro atoms. The number of amides is 1. The predicted octanol–water partition coefficient (Wildman–Crippen LogP) is -0.642. The molecule has 17 heavy (non-hydrogen) atoms. The van der Waals surface area contributed by atoms with E-state index >= 15 is 0 Å². The second kappa shape index (κ2) is 4.34. The van der Waals surface area contributed by atoms with Gasteiger partial charge in [-0.05, 0) is 6.92 Å². The summed E-state index contributed by atoms with van der Waals surface area (Å²) in [6.07, 6.45) is 1.45. The van der Waals surface area contributed by atoms with E-state index in [1.807, 2.05) is 0 Å². The monoisotopic (exact) mass is 236 g/mol. The molecule has 0 saturated carbocycles. The highest BCUT2D eigenvalue weighted by Crippen LogP contribution is 2.18. The van der Waals surface area contributed by atoms with E-state index in [9.17, 15) is 9.90 Å². The van der Waals surface area contributed by atoms with Gasteiger partial charge < -0.3 is 15.4 Å². The minimum Gasteiger partial charge on any atom is -0.392 e. The van der Waals surface area contributed by atoms with Gasteiger partial charge in [-0.15, -0.1) is 0 Å². The number of aliphatic hydroxyl groups excluding tert-OH is 1. The Morgan fingerprint density at radius 2 is 2.41 bits per heavy atom. The fourth-order valence-electron chi connectivity index (χ4n) is 1.50. The molecule has 0 unspecified atom stereocenters. The smallest absolute Gasteiger partial charge is 0.233 e. The van der Waals surface area contributed by atoms with E-state index in [0.717, 1.165) is 0 Å². The summed E-state index contributed by atoms with van der Waals surface area (Å²) in [7, 11) is 0. The minimum absolute atomic E-state index is 0.109. The van der Waals surface area contributed by atoms with Gasteiger partial charge in [0.15, 0.2) is 11.5 Å². The molecule has 1 amide bonds. The molecule has 2 rings (SSSR count). The Morgan fingerprint density at radius 3 is 3.06 bits per heavy atom. The molecule has 2 aromatic heterocycles. The number of nitrogens with one attached hydrogen (secondary N) is 1. The second-order valence-electron chi connectivity index (χ2n) is 3.61. The molecule has 8 heteroatoms. The van der Waals surface area contributed by atoms with Crippen molar-refractivity contribution >= 4 is 29.3 Å². The van der Waals surface area contributed by atoms with Gasteiger partial charge in [-0.3, -0.25) is 10.1 Å². The summed E-state index contributed by atoms with van der Waals surface area (Å²) in [6.45, 7) is 1.99. The lowest BCUT2D eigenvalue weighted by molar-refractivity contribution is -0.105. The van der Waals surface area contributed by atoms with Crippen molar-refractivity contribution in [3.8, 4) is 0 Å². The maximum atomic E-state index is 10.3. The van der Waals surface area contributed by atoms with E-state index in [1.165, 1.54) is 6.33 Å². The Morgan fingerprint density at radius 1 is 1.65 bits per heavy atom. The topological polar surface area (TPSA) is 119 Å². The van der Waals surface area contributed by atoms with Crippen molar-refractivity contribution in [3.05, 3.63) is 6.33 Å². The van der Waals surface area contributed by atoms with Gasteiger partial charge in [0.1, 0.15) is 5.52 Å². The molecule has 4 N–H and O–H groups in total. The molecule has 8 nitrogen and oxygen atoms in total. The number of hydrogen-bond acceptors (Lipinski definition) is 6. The highest BCUT2D eigenvalue weighted by Gasteiger charge is 2.11. The van der Waals surface area contributed by atoms with Crippen molar-refractivity contribution in [1.82, 2.24) is 19.5 Å². The fraction of sp³-hybridized carbons (Fsp3) is 0.333. The number of carbonyl (C=O) groups excluding carboxylic acids is 1. The van der Waals surface area contributed by atoms with Gasteiger partial charge in [0.25, 0.3) is 0 Å². The third kappa shape index (κ3) is 2.16. The number of anilines is 2. The average Bonchev–Trinajstić information content (AvgIpc) is 2.62. The van der Waals surface area contributed by atoms with Crippen LogP contribution in [0.15, 0.2) is 6.33 Å². The Hall–Kier alpha value is -2.22. The lowest BCUT2D eigenvalue weighted by Crippen LogP contribution is -2.12. The Bertz CT molecular complexity index is 550. The van der Waals surface area contributed by atoms with E-state index in [4.69, 9.17) is 5.73 Å². The van der Waals surface area contributed by atoms with Gasteiger partial charge in [-0.25, -0.2) is 4.98 Å². The zero-order chi connectivity index (χ0) is 12.4. The number of aliphatic hydroxyl groups is 1. The largest absolute Gasteiger partial charge is 0.392 e. The minimum atomic E-state index is -0.536. The lowest BCUT2D eigenvalue weighted by Gasteiger charge is -2.06. The first-order chi connectivity index (χ1) is 8.11. The van der Waals surface area contributed by atoms with Crippen LogP contribution in [0.25, 0.3) is 11.2 Å². The molecule has 0 radical (unpaired) electrons. The summed E-state index contributed by atoms with van der Waals surface area (Å²) in [5, 5.41) is 11.7. The number of nitrogen functional groups attached to an aromatic ring is 1. The fourth-order valence-corrected chi connectivity index (χ4v) is 1.50. The van der Waals surface area contributed by atoms with Gasteiger partial charge in [0, 0.05) is 0 Å². The lowest BCUT2D eigenvalue weighted by atomic mass is 10.4. The van der Waals surface area contributed by atoms with Crippen molar-refractivity contribution in [1.29, 1.82) is 0 Å². The molecule has 0 fully saturated rings. The van der Waals surface area contributed by atoms with Crippen molar-refractivity contribution in [2.75, 3.05) is 11.1 Å². The maximum Gasteiger partial charge on any atom is 0.233 e. The van der Waals surface area contributed by atoms with Crippen LogP contribution in [-0.2, 0) is 11.3 Å². The number of fused-ring (bicyclic) bond motifs is 1. The summed E-state index contributed by atoms with van der Waals surface area (Å²) in [5.74, 6) is 0.293. The third-order valence-corrected chi connectivity index (χ3v) is 2.14. The van der Waals surface area contributed by atoms with Crippen LogP contribution in [0, 0.1) is 0 Å². The van der Waals surface area contributed by atoms with Crippen molar-refractivity contribution in [3.63, 3.8) is 0 Å². The van der Waals surface area contributed by atoms with E-state index in [1.54, 1.807) is 11.5 Å². The molecule has 0 bridgehead atoms. The van der Waals surface area contributed by atoms with Gasteiger partial charge in [0.05, 0.1) is 19.0 Å². The van der Waals surface area contributed by atoms with Crippen molar-refractivity contribution in [2.24, 2.45) is 0 Å². The number of carbonyl (C=O) groups is 1. The molecule has 1 atom stereocenters. The van der Waals surface area contributed by atoms with Gasteiger partial charge in [-0.2, -0.15) is 9.97 Å². The van der Waals surface area contributed by atoms with Crippen molar-refractivity contribution in [2.45, 2.75) is 19.6 Å². The summed E-state index contributed by atoms with van der Waals surface area (Å²) >= 11 is 0. The maximum absolute atomic E-state index is 10.3. The quantitative estimate of drug-likeness (QED) is 0.607. The van der Waals surface area contributed by atoms with Crippen LogP contribution >= 0.6 is 0 Å². The molecule has 0 aliphatic rings. The van der Waals surface area contributed by atoms with Gasteiger partial charge in [0.2, 0.25) is 12.4 Å². The highest BCUT2D eigenvalue weighted by atomic mass is 16.3. The molecule has 0 aliphatic heterocycles. The molecular weight excluding hydrogens is 224 g/mol. The molecule has 2 aromatic rings. The zero-order valence-corrected chi connectivity index (χ0v) is 9.16. The van der Waals surface area contributed by atoms with Crippen LogP contribution in [0.1, 0.15) is 6.92 Å². The molecule has 0 saturated heterocycles. The summed E-state index contributed by atoms with van der Waals surface area (Å²) < 4.78 is 1.65. The van der Waals surface area contributed by atoms with Crippen LogP contribution < -0.4 is 11.1 Å². The van der Waals surface area contributed by atoms with Gasteiger partial charge in [-0.1, -0.05) is 0 Å². The molecule has 0 aromatic carbocycles. The number of rotatable bonds is 4. The van der Waals surface area contributed by atoms with E-state index in [2.05, 4.69) is 20.3 Å². The van der Waals surface area contributed by atoms with Crippen LogP contribution in [0.4, 0.5) is 11.8 Å². The van der Waals surface area contributed by atoms with Crippen LogP contribution in [0.2, 0.25) is 0 Å². The van der Waals surface area contributed by atoms with E-state index in [0.29, 0.717) is 24.1 Å². The zero-order valence-electron chi connectivity index (χ0n) is 9.16. The van der Waals surface area contributed by atoms with E-state index < -0.39 is 6.10 Å². The molecule has 90 valence electrons. The number of aromatic nitrogens is 4. The predicted molar refractivity (Wildman–Crippen MR) is 61.1 cm³/mol. The third-order valence-electron chi connectivity index (χ3n) is 2.14. The summed E-state index contributed by atoms with van der Waals surface area (Å²) in [6, 6.07) is 0. The van der Waals surface area contributed by atoms with E-state index in [-0.39, 0.29) is 11.8 Å². The first-order valence-electron chi connectivity index (χ1n) is 4.98. The molecule has 2 heterocycles. The Kier molecular flexibility index (Phi) is 2.88. The SMILES string of the molecule is C[C@@H](O)Cn1cnc2c(N)nc(NC=O)nc21. The highest BCUT2D eigenvalue weighted by molar-refractivity contribution is 5.84. The normalized spacial score (nSPS) is 12.6. The first kappa shape index (κ1) is 11.3. The summed E-state index contributed by atoms with van der Waals surface area (Å²) in [5.41, 5.74) is 6.61. The number of nitrogens with two attached hydrogens (primary N) is 1. The van der Waals surface area contributed by atoms with Crippen molar-refractivity contribution < 1.29 is 9.90 Å².